The van der Waals surface area contributed by atoms with Gasteiger partial charge in [0.2, 0.25) is 6.41 Å². The molecule has 4 nitrogen and oxygen atoms in total. The predicted molar refractivity (Wildman–Crippen MR) is 65.8 cm³/mol. The van der Waals surface area contributed by atoms with Gasteiger partial charge in [0.15, 0.2) is 0 Å². The minimum Gasteiger partial charge on any atom is -0.480 e. The highest BCUT2D eigenvalue weighted by Gasteiger charge is 2.27. The fourth-order valence-corrected chi connectivity index (χ4v) is 1.78. The largest absolute Gasteiger partial charge is 0.480 e. The summed E-state index contributed by atoms with van der Waals surface area (Å²) in [5.41, 5.74) is -0.111. The van der Waals surface area contributed by atoms with Gasteiger partial charge in [0, 0.05) is 6.07 Å². The number of halogens is 2. The van der Waals surface area contributed by atoms with Crippen molar-refractivity contribution in [2.45, 2.75) is 26.3 Å². The molecule has 0 saturated heterocycles. The van der Waals surface area contributed by atoms with Gasteiger partial charge in [0.05, 0.1) is 5.69 Å². The molecule has 0 bridgehead atoms. The van der Waals surface area contributed by atoms with E-state index in [1.165, 1.54) is 0 Å². The van der Waals surface area contributed by atoms with Gasteiger partial charge in [-0.3, -0.25) is 4.79 Å². The first-order valence-corrected chi connectivity index (χ1v) is 5.77. The smallest absolute Gasteiger partial charge is 0.326 e. The Hall–Kier alpha value is -1.98. The van der Waals surface area contributed by atoms with Crippen molar-refractivity contribution in [2.24, 2.45) is 5.92 Å². The van der Waals surface area contributed by atoms with Crippen molar-refractivity contribution in [1.29, 1.82) is 0 Å². The van der Waals surface area contributed by atoms with Crippen LogP contribution in [0.15, 0.2) is 18.2 Å². The standard InChI is InChI=1S/C13H15F2NO3/c1-8(2)3-12(13(18)19)16(7-17)11-5-9(14)4-10(15)6-11/h4-8,12H,3H2,1-2H3,(H,18,19). The Labute approximate surface area is 109 Å². The number of carbonyl (C=O) groups is 2. The number of nitrogens with zero attached hydrogens (tertiary/aromatic N) is 1. The highest BCUT2D eigenvalue weighted by atomic mass is 19.1. The van der Waals surface area contributed by atoms with Crippen LogP contribution in [0, 0.1) is 17.6 Å². The van der Waals surface area contributed by atoms with E-state index >= 15 is 0 Å². The molecule has 0 heterocycles. The normalized spacial score (nSPS) is 12.3. The van der Waals surface area contributed by atoms with Crippen LogP contribution < -0.4 is 4.90 Å². The summed E-state index contributed by atoms with van der Waals surface area (Å²) < 4.78 is 26.2. The average Bonchev–Trinajstić information content (AvgIpc) is 2.26. The van der Waals surface area contributed by atoms with Crippen LogP contribution in [0.3, 0.4) is 0 Å². The zero-order chi connectivity index (χ0) is 14.6. The quantitative estimate of drug-likeness (QED) is 0.808. The molecule has 0 spiro atoms. The number of hydrogen-bond acceptors (Lipinski definition) is 2. The second kappa shape index (κ2) is 6.26. The number of hydrogen-bond donors (Lipinski definition) is 1. The molecule has 104 valence electrons. The number of carbonyl (C=O) groups excluding carboxylic acids is 1. The van der Waals surface area contributed by atoms with E-state index in [-0.39, 0.29) is 24.4 Å². The van der Waals surface area contributed by atoms with E-state index in [9.17, 15) is 18.4 Å². The van der Waals surface area contributed by atoms with E-state index in [4.69, 9.17) is 5.11 Å². The summed E-state index contributed by atoms with van der Waals surface area (Å²) in [6.45, 7) is 3.59. The molecule has 0 aliphatic carbocycles. The number of carboxylic acid groups (broad SMARTS) is 1. The lowest BCUT2D eigenvalue weighted by molar-refractivity contribution is -0.139. The maximum absolute atomic E-state index is 13.1. The summed E-state index contributed by atoms with van der Waals surface area (Å²) >= 11 is 0. The van der Waals surface area contributed by atoms with Gasteiger partial charge in [-0.1, -0.05) is 13.8 Å². The zero-order valence-corrected chi connectivity index (χ0v) is 10.6. The lowest BCUT2D eigenvalue weighted by atomic mass is 10.0. The lowest BCUT2D eigenvalue weighted by Crippen LogP contribution is -2.41. The number of anilines is 1. The monoisotopic (exact) mass is 271 g/mol. The molecule has 0 radical (unpaired) electrons. The number of amides is 1. The summed E-state index contributed by atoms with van der Waals surface area (Å²) in [6.07, 6.45) is 0.460. The van der Waals surface area contributed by atoms with Crippen LogP contribution in [0.5, 0.6) is 0 Å². The van der Waals surface area contributed by atoms with Gasteiger partial charge in [-0.15, -0.1) is 0 Å². The maximum Gasteiger partial charge on any atom is 0.326 e. The van der Waals surface area contributed by atoms with Crippen LogP contribution in [0.1, 0.15) is 20.3 Å². The topological polar surface area (TPSA) is 57.6 Å². The van der Waals surface area contributed by atoms with Crippen molar-refractivity contribution < 1.29 is 23.5 Å². The second-order valence-corrected chi connectivity index (χ2v) is 4.62. The van der Waals surface area contributed by atoms with E-state index in [1.54, 1.807) is 13.8 Å². The second-order valence-electron chi connectivity index (χ2n) is 4.62. The molecule has 1 amide bonds. The molecule has 0 aliphatic heterocycles. The molecule has 1 unspecified atom stereocenters. The molecule has 6 heteroatoms. The van der Waals surface area contributed by atoms with E-state index in [0.717, 1.165) is 17.0 Å². The molecule has 1 N–H and O–H groups in total. The molecule has 0 aromatic heterocycles. The molecule has 19 heavy (non-hydrogen) atoms. The molecule has 0 aliphatic rings. The Morgan fingerprint density at radius 1 is 1.32 bits per heavy atom. The van der Waals surface area contributed by atoms with E-state index in [0.29, 0.717) is 6.07 Å². The highest BCUT2D eigenvalue weighted by molar-refractivity contribution is 5.88. The van der Waals surface area contributed by atoms with Crippen molar-refractivity contribution in [3.05, 3.63) is 29.8 Å². The van der Waals surface area contributed by atoms with Crippen molar-refractivity contribution in [2.75, 3.05) is 4.90 Å². The van der Waals surface area contributed by atoms with Crippen molar-refractivity contribution in [3.8, 4) is 0 Å². The fourth-order valence-electron chi connectivity index (χ4n) is 1.78. The number of aliphatic carboxylic acids is 1. The molecule has 1 aromatic rings. The Kier molecular flexibility index (Phi) is 4.97. The van der Waals surface area contributed by atoms with Crippen LogP contribution in [0.25, 0.3) is 0 Å². The van der Waals surface area contributed by atoms with Crippen LogP contribution in [0.2, 0.25) is 0 Å². The van der Waals surface area contributed by atoms with Crippen molar-refractivity contribution in [1.82, 2.24) is 0 Å². The number of carboxylic acids is 1. The van der Waals surface area contributed by atoms with Gasteiger partial charge in [-0.2, -0.15) is 0 Å². The van der Waals surface area contributed by atoms with Crippen LogP contribution in [-0.4, -0.2) is 23.5 Å². The summed E-state index contributed by atoms with van der Waals surface area (Å²) in [5.74, 6) is -2.93. The van der Waals surface area contributed by atoms with Crippen molar-refractivity contribution in [3.63, 3.8) is 0 Å². The third kappa shape index (κ3) is 4.01. The van der Waals surface area contributed by atoms with Crippen LogP contribution in [-0.2, 0) is 9.59 Å². The fraction of sp³-hybridized carbons (Fsp3) is 0.385. The Balaban J connectivity index is 3.15. The van der Waals surface area contributed by atoms with Crippen molar-refractivity contribution >= 4 is 18.1 Å². The maximum atomic E-state index is 13.1. The first kappa shape index (κ1) is 15.1. The first-order valence-electron chi connectivity index (χ1n) is 5.77. The average molecular weight is 271 g/mol. The summed E-state index contributed by atoms with van der Waals surface area (Å²) in [4.78, 5) is 23.1. The SMILES string of the molecule is CC(C)CC(C(=O)O)N(C=O)c1cc(F)cc(F)c1. The third-order valence-electron chi connectivity index (χ3n) is 2.57. The molecule has 1 aromatic carbocycles. The van der Waals surface area contributed by atoms with E-state index < -0.39 is 23.6 Å². The zero-order valence-electron chi connectivity index (χ0n) is 10.6. The van der Waals surface area contributed by atoms with E-state index in [1.807, 2.05) is 0 Å². The van der Waals surface area contributed by atoms with Gasteiger partial charge in [0.1, 0.15) is 17.7 Å². The minimum absolute atomic E-state index is 0.0157. The molecule has 1 rings (SSSR count). The van der Waals surface area contributed by atoms with Gasteiger partial charge in [-0.05, 0) is 24.5 Å². The molecule has 0 saturated carbocycles. The van der Waals surface area contributed by atoms with Gasteiger partial charge >= 0.3 is 5.97 Å². The van der Waals surface area contributed by atoms with Gasteiger partial charge in [-0.25, -0.2) is 13.6 Å². The predicted octanol–water partition coefficient (Wildman–Crippen LogP) is 2.43. The summed E-state index contributed by atoms with van der Waals surface area (Å²) in [6, 6.07) is 1.35. The van der Waals surface area contributed by atoms with Gasteiger partial charge < -0.3 is 10.0 Å². The third-order valence-corrected chi connectivity index (χ3v) is 2.57. The number of rotatable bonds is 6. The first-order chi connectivity index (χ1) is 8.85. The molecule has 0 fully saturated rings. The van der Waals surface area contributed by atoms with Gasteiger partial charge in [0.25, 0.3) is 0 Å². The van der Waals surface area contributed by atoms with E-state index in [2.05, 4.69) is 0 Å². The summed E-state index contributed by atoms with van der Waals surface area (Å²) in [7, 11) is 0. The molecule has 1 atom stereocenters. The number of benzene rings is 1. The molecular weight excluding hydrogens is 256 g/mol. The Bertz CT molecular complexity index is 457. The Morgan fingerprint density at radius 2 is 1.84 bits per heavy atom. The van der Waals surface area contributed by atoms with Crippen LogP contribution >= 0.6 is 0 Å². The minimum atomic E-state index is -1.22. The van der Waals surface area contributed by atoms with Crippen LogP contribution in [0.4, 0.5) is 14.5 Å². The summed E-state index contributed by atoms with van der Waals surface area (Å²) in [5, 5.41) is 9.14. The highest BCUT2D eigenvalue weighted by Crippen LogP contribution is 2.22. The Morgan fingerprint density at radius 3 is 2.21 bits per heavy atom. The molecular formula is C13H15F2NO3. The lowest BCUT2D eigenvalue weighted by Gasteiger charge is -2.26.